The lowest BCUT2D eigenvalue weighted by Crippen LogP contribution is -2.61. The van der Waals surface area contributed by atoms with Gasteiger partial charge in [-0.05, 0) is 136 Å². The van der Waals surface area contributed by atoms with E-state index in [1.165, 1.54) is 44.9 Å². The van der Waals surface area contributed by atoms with Gasteiger partial charge in [-0.2, -0.15) is 0 Å². The molecule has 4 aromatic carbocycles. The SMILES string of the molecule is CC[C@@H](C)OCC(=O)NCc1cccc(C[C@@H]2NC(=O)[C@@H](C)NC(=O)[C@H](C)NC(=O)CCC(=O)N(Cc3ccc(CCNC(=O)[C@]4(C)CCCN4C(=O)[C@H](Cc4ccc(OC)cc4)NC(=O)[C@H](CC)NC(C)=O)cc3)CCCCCCn3cc(c4cc(F)ccc43)C[C@@H](C(=O)NC)NC2=O)c1. The van der Waals surface area contributed by atoms with Crippen LogP contribution in [0.4, 0.5) is 4.39 Å². The molecule has 9 N–H and O–H groups in total. The number of nitrogens with one attached hydrogen (secondary N) is 9. The van der Waals surface area contributed by atoms with Crippen molar-refractivity contribution in [3.63, 3.8) is 0 Å². The second kappa shape index (κ2) is 38.2. The van der Waals surface area contributed by atoms with Crippen LogP contribution in [0.2, 0.25) is 0 Å². The average Bonchev–Trinajstić information content (AvgIpc) is 1.68. The number of methoxy groups -OCH3 is 1. The van der Waals surface area contributed by atoms with Gasteiger partial charge in [-0.3, -0.25) is 52.7 Å². The van der Waals surface area contributed by atoms with Crippen LogP contribution in [0.25, 0.3) is 10.9 Å². The second-order valence-corrected chi connectivity index (χ2v) is 26.5. The molecule has 0 radical (unpaired) electrons. The molecular weight excluding hydrogens is 1300 g/mol. The molecule has 7 rings (SSSR count). The van der Waals surface area contributed by atoms with E-state index in [-0.39, 0.29) is 88.1 Å². The number of carbonyl (C=O) groups is 11. The van der Waals surface area contributed by atoms with Gasteiger partial charge in [0.05, 0.1) is 13.2 Å². The summed E-state index contributed by atoms with van der Waals surface area (Å²) in [5, 5.41) is 25.4. The van der Waals surface area contributed by atoms with E-state index in [9.17, 15) is 52.7 Å². The van der Waals surface area contributed by atoms with Gasteiger partial charge in [0, 0.05) is 102 Å². The fourth-order valence-electron chi connectivity index (χ4n) is 12.5. The summed E-state index contributed by atoms with van der Waals surface area (Å²) in [5.41, 5.74) is 3.84. The largest absolute Gasteiger partial charge is 0.497 e. The quantitative estimate of drug-likeness (QED) is 0.0425. The van der Waals surface area contributed by atoms with Gasteiger partial charge in [0.1, 0.15) is 60.0 Å². The summed E-state index contributed by atoms with van der Waals surface area (Å²) >= 11 is 0. The molecule has 3 heterocycles. The standard InChI is InChI=1S/C75H101FN12O13/c1-10-47(3)101-46-66(91)79-43-55-19-16-18-54(38-55)40-61-72(97)84-62(70(95)77-8)41-56-45-86(64-29-26-57(76)42-59(56)64)35-14-12-13-15-36-87(67(92)31-30-65(90)80-48(4)68(93)81-49(5)69(94)83-61)44-53-22-20-51(21-23-53)32-34-78-74(99)75(7)33-17-37-88(75)73(98)63(39-52-24-27-58(100-9)28-25-52)85-71(96)60(11-2)82-50(6)89/h16,18-29,38,42,45,47-49,60-63H,10-15,17,30-37,39-41,43-44,46H2,1-9H3,(H,77,95)(H,78,99)(H,79,91)(H,80,90)(H,81,93)(H,82,89)(H,83,94)(H,84,97)(H,85,96)/t47-,48+,49-,60+,61+,62+,63+,75+/m1/s1. The van der Waals surface area contributed by atoms with Crippen molar-refractivity contribution in [2.75, 3.05) is 40.4 Å². The number of likely N-dealkylation sites (tertiary alicyclic amines) is 1. The van der Waals surface area contributed by atoms with E-state index in [1.54, 1.807) is 80.5 Å². The Labute approximate surface area is 590 Å². The molecule has 2 bridgehead atoms. The highest BCUT2D eigenvalue weighted by atomic mass is 19.1. The highest BCUT2D eigenvalue weighted by Gasteiger charge is 2.47. The maximum absolute atomic E-state index is 15.1. The lowest BCUT2D eigenvalue weighted by Gasteiger charge is -2.36. The van der Waals surface area contributed by atoms with Crippen molar-refractivity contribution < 1.29 is 66.6 Å². The van der Waals surface area contributed by atoms with Gasteiger partial charge in [-0.25, -0.2) is 4.39 Å². The number of fused-ring (bicyclic) bond motifs is 5. The summed E-state index contributed by atoms with van der Waals surface area (Å²) < 4.78 is 28.0. The number of halogens is 1. The summed E-state index contributed by atoms with van der Waals surface area (Å²) in [7, 11) is 2.97. The summed E-state index contributed by atoms with van der Waals surface area (Å²) in [5.74, 6) is -5.47. The predicted octanol–water partition coefficient (Wildman–Crippen LogP) is 4.80. The Morgan fingerprint density at radius 2 is 1.40 bits per heavy atom. The van der Waals surface area contributed by atoms with Crippen LogP contribution in [-0.4, -0.2) is 168 Å². The first kappa shape index (κ1) is 78.6. The molecule has 5 aromatic rings. The zero-order valence-electron chi connectivity index (χ0n) is 59.7. The van der Waals surface area contributed by atoms with Crippen molar-refractivity contribution in [1.29, 1.82) is 0 Å². The Kier molecular flexibility index (Phi) is 29.7. The van der Waals surface area contributed by atoms with Gasteiger partial charge < -0.3 is 71.7 Å². The molecule has 0 spiro atoms. The van der Waals surface area contributed by atoms with Crippen LogP contribution in [0.1, 0.15) is 146 Å². The number of aryl methyl sites for hydroxylation is 1. The molecular formula is C75H101FN12O13. The van der Waals surface area contributed by atoms with Gasteiger partial charge >= 0.3 is 0 Å². The molecule has 8 atom stereocenters. The fraction of sp³-hybridized carbons (Fsp3) is 0.507. The molecule has 101 heavy (non-hydrogen) atoms. The summed E-state index contributed by atoms with van der Waals surface area (Å²) in [6.07, 6.45) is 6.54. The minimum Gasteiger partial charge on any atom is -0.497 e. The zero-order chi connectivity index (χ0) is 73.3. The minimum atomic E-state index is -1.32. The monoisotopic (exact) mass is 1400 g/mol. The molecule has 0 unspecified atom stereocenters. The number of nitrogens with zero attached hydrogens (tertiary/aromatic N) is 3. The van der Waals surface area contributed by atoms with Crippen LogP contribution in [0.5, 0.6) is 5.75 Å². The number of rotatable bonds is 23. The van der Waals surface area contributed by atoms with Crippen LogP contribution in [0.15, 0.2) is 97.2 Å². The van der Waals surface area contributed by atoms with Gasteiger partial charge in [-0.1, -0.05) is 87.4 Å². The molecule has 26 heteroatoms. The summed E-state index contributed by atoms with van der Waals surface area (Å²) in [4.78, 5) is 154. The Balaban J connectivity index is 1.03. The van der Waals surface area contributed by atoms with E-state index >= 15 is 4.39 Å². The van der Waals surface area contributed by atoms with Crippen molar-refractivity contribution in [2.24, 2.45) is 0 Å². The van der Waals surface area contributed by atoms with Crippen molar-refractivity contribution in [2.45, 2.75) is 206 Å². The van der Waals surface area contributed by atoms with E-state index in [0.717, 1.165) is 36.0 Å². The Hall–Kier alpha value is -9.72. The zero-order valence-corrected chi connectivity index (χ0v) is 59.7. The van der Waals surface area contributed by atoms with Gasteiger partial charge in [0.15, 0.2) is 0 Å². The topological polar surface area (TPSA) is 326 Å². The smallest absolute Gasteiger partial charge is 0.246 e. The Morgan fingerprint density at radius 3 is 2.09 bits per heavy atom. The highest BCUT2D eigenvalue weighted by Crippen LogP contribution is 2.31. The summed E-state index contributed by atoms with van der Waals surface area (Å²) in [6, 6.07) is 19.4. The van der Waals surface area contributed by atoms with Gasteiger partial charge in [0.25, 0.3) is 0 Å². The van der Waals surface area contributed by atoms with Crippen LogP contribution < -0.4 is 52.6 Å². The predicted molar refractivity (Wildman–Crippen MR) is 379 cm³/mol. The van der Waals surface area contributed by atoms with E-state index < -0.39 is 89.0 Å². The molecule has 546 valence electrons. The van der Waals surface area contributed by atoms with Crippen molar-refractivity contribution in [1.82, 2.24) is 62.2 Å². The Morgan fingerprint density at radius 1 is 0.713 bits per heavy atom. The number of aromatic nitrogens is 1. The molecule has 2 aliphatic rings. The number of amides is 11. The van der Waals surface area contributed by atoms with Crippen molar-refractivity contribution in [3.05, 3.63) is 136 Å². The molecule has 1 saturated heterocycles. The molecule has 2 aliphatic heterocycles. The molecule has 11 amide bonds. The number of benzene rings is 4. The first-order chi connectivity index (χ1) is 48.3. The number of likely N-dealkylation sites (N-methyl/N-ethyl adjacent to an activating group) is 1. The lowest BCUT2D eigenvalue weighted by atomic mass is 9.95. The van der Waals surface area contributed by atoms with Crippen molar-refractivity contribution in [3.8, 4) is 5.75 Å². The fourth-order valence-corrected chi connectivity index (χ4v) is 12.5. The van der Waals surface area contributed by atoms with Crippen LogP contribution in [0, 0.1) is 5.82 Å². The third kappa shape index (κ3) is 23.2. The maximum Gasteiger partial charge on any atom is 0.246 e. The molecule has 0 aliphatic carbocycles. The van der Waals surface area contributed by atoms with E-state index in [4.69, 9.17) is 9.47 Å². The number of carbonyl (C=O) groups excluding carboxylic acids is 11. The number of hydrogen-bond donors (Lipinski definition) is 9. The van der Waals surface area contributed by atoms with Gasteiger partial charge in [0.2, 0.25) is 65.0 Å². The number of hydrogen-bond acceptors (Lipinski definition) is 13. The number of ether oxygens (including phenoxy) is 2. The van der Waals surface area contributed by atoms with E-state index in [1.807, 2.05) is 48.9 Å². The highest BCUT2D eigenvalue weighted by molar-refractivity contribution is 5.98. The van der Waals surface area contributed by atoms with Crippen LogP contribution >= 0.6 is 0 Å². The molecule has 0 saturated carbocycles. The van der Waals surface area contributed by atoms with Crippen LogP contribution in [-0.2, 0) is 103 Å². The second-order valence-electron chi connectivity index (χ2n) is 26.5. The van der Waals surface area contributed by atoms with Crippen molar-refractivity contribution >= 4 is 75.9 Å². The first-order valence-electron chi connectivity index (χ1n) is 35.1. The van der Waals surface area contributed by atoms with Crippen LogP contribution in [0.3, 0.4) is 0 Å². The van der Waals surface area contributed by atoms with E-state index in [2.05, 4.69) is 47.9 Å². The normalized spacial score (nSPS) is 20.2. The average molecular weight is 1400 g/mol. The molecule has 1 aromatic heterocycles. The maximum atomic E-state index is 15.1. The minimum absolute atomic E-state index is 0.0528. The first-order valence-corrected chi connectivity index (χ1v) is 35.1. The van der Waals surface area contributed by atoms with Gasteiger partial charge in [-0.15, -0.1) is 0 Å². The Bertz CT molecular complexity index is 3720. The van der Waals surface area contributed by atoms with E-state index in [0.29, 0.717) is 91.5 Å². The third-order valence-corrected chi connectivity index (χ3v) is 18.7. The molecule has 1 fully saturated rings. The molecule has 25 nitrogen and oxygen atoms in total. The third-order valence-electron chi connectivity index (χ3n) is 18.7. The summed E-state index contributed by atoms with van der Waals surface area (Å²) in [6.45, 7) is 13.1. The lowest BCUT2D eigenvalue weighted by molar-refractivity contribution is -0.146.